The first kappa shape index (κ1) is 12.0. The third-order valence-electron chi connectivity index (χ3n) is 1.73. The molecule has 1 atom stereocenters. The number of hydrogen-bond acceptors (Lipinski definition) is 5. The number of aliphatic hydroxyl groups is 1. The Kier molecular flexibility index (Phi) is 4.54. The van der Waals surface area contributed by atoms with E-state index in [1.54, 1.807) is 0 Å². The topological polar surface area (TPSA) is 87.2 Å². The average Bonchev–Trinajstić information content (AvgIpc) is 2.24. The van der Waals surface area contributed by atoms with Crippen molar-refractivity contribution in [3.8, 4) is 0 Å². The molecule has 3 N–H and O–H groups in total. The van der Waals surface area contributed by atoms with Gasteiger partial charge >= 0.3 is 0 Å². The Hall–Kier alpha value is -1.11. The van der Waals surface area contributed by atoms with Crippen LogP contribution in [0.25, 0.3) is 0 Å². The number of aromatic nitrogens is 2. The molecule has 0 spiro atoms. The van der Waals surface area contributed by atoms with Crippen molar-refractivity contribution in [1.29, 1.82) is 0 Å². The highest BCUT2D eigenvalue weighted by Crippen LogP contribution is 2.13. The summed E-state index contributed by atoms with van der Waals surface area (Å²) in [4.78, 5) is 17.3. The number of rotatable bonds is 5. The van der Waals surface area contributed by atoms with Crippen LogP contribution in [0.3, 0.4) is 0 Å². The molecule has 6 nitrogen and oxygen atoms in total. The SMILES string of the molecule is COCC(CO)Nc1nc[nH]c(=O)c1Cl. The van der Waals surface area contributed by atoms with E-state index in [2.05, 4.69) is 15.3 Å². The fourth-order valence-corrected chi connectivity index (χ4v) is 1.18. The maximum absolute atomic E-state index is 11.1. The lowest BCUT2D eigenvalue weighted by molar-refractivity contribution is 0.153. The first-order valence-corrected chi connectivity index (χ1v) is 4.66. The summed E-state index contributed by atoms with van der Waals surface area (Å²) < 4.78 is 4.86. The van der Waals surface area contributed by atoms with Crippen molar-refractivity contribution in [3.05, 3.63) is 21.7 Å². The van der Waals surface area contributed by atoms with E-state index >= 15 is 0 Å². The number of hydrogen-bond donors (Lipinski definition) is 3. The second-order valence-corrected chi connectivity index (χ2v) is 3.25. The lowest BCUT2D eigenvalue weighted by atomic mass is 10.3. The Labute approximate surface area is 91.3 Å². The molecular weight excluding hydrogens is 222 g/mol. The van der Waals surface area contributed by atoms with Gasteiger partial charge in [0.25, 0.3) is 5.56 Å². The average molecular weight is 234 g/mol. The molecule has 0 bridgehead atoms. The van der Waals surface area contributed by atoms with Crippen molar-refractivity contribution in [3.63, 3.8) is 0 Å². The number of ether oxygens (including phenoxy) is 1. The zero-order chi connectivity index (χ0) is 11.3. The summed E-state index contributed by atoms with van der Waals surface area (Å²) in [6, 6.07) is -0.346. The lowest BCUT2D eigenvalue weighted by Crippen LogP contribution is -2.30. The normalized spacial score (nSPS) is 12.5. The van der Waals surface area contributed by atoms with Crippen LogP contribution in [0.4, 0.5) is 5.82 Å². The van der Waals surface area contributed by atoms with Gasteiger partial charge in [0.05, 0.1) is 25.6 Å². The summed E-state index contributed by atoms with van der Waals surface area (Å²) in [5.74, 6) is 0.233. The van der Waals surface area contributed by atoms with E-state index in [9.17, 15) is 4.79 Å². The largest absolute Gasteiger partial charge is 0.394 e. The van der Waals surface area contributed by atoms with Crippen molar-refractivity contribution < 1.29 is 9.84 Å². The number of aromatic amines is 1. The molecule has 1 aromatic heterocycles. The van der Waals surface area contributed by atoms with Gasteiger partial charge in [0.1, 0.15) is 5.02 Å². The zero-order valence-corrected chi connectivity index (χ0v) is 8.91. The van der Waals surface area contributed by atoms with Gasteiger partial charge in [-0.3, -0.25) is 4.79 Å². The summed E-state index contributed by atoms with van der Waals surface area (Å²) in [6.45, 7) is 0.153. The molecule has 7 heteroatoms. The molecule has 0 amide bonds. The Morgan fingerprint density at radius 3 is 3.13 bits per heavy atom. The van der Waals surface area contributed by atoms with Crippen LogP contribution in [0.5, 0.6) is 0 Å². The fourth-order valence-electron chi connectivity index (χ4n) is 1.02. The smallest absolute Gasteiger partial charge is 0.271 e. The Morgan fingerprint density at radius 1 is 1.80 bits per heavy atom. The number of anilines is 1. The standard InChI is InChI=1S/C8H12ClN3O3/c1-15-3-5(2-13)12-7-6(9)8(14)11-4-10-7/h4-5,13H,2-3H2,1H3,(H2,10,11,12,14). The molecule has 0 aliphatic heterocycles. The number of nitrogens with zero attached hydrogens (tertiary/aromatic N) is 1. The third kappa shape index (κ3) is 3.19. The van der Waals surface area contributed by atoms with Crippen molar-refractivity contribution in [2.75, 3.05) is 25.6 Å². The molecule has 1 aromatic rings. The van der Waals surface area contributed by atoms with Crippen LogP contribution in [0.15, 0.2) is 11.1 Å². The Morgan fingerprint density at radius 2 is 2.53 bits per heavy atom. The highest BCUT2D eigenvalue weighted by atomic mass is 35.5. The fraction of sp³-hybridized carbons (Fsp3) is 0.500. The number of H-pyrrole nitrogens is 1. The minimum atomic E-state index is -0.428. The first-order valence-electron chi connectivity index (χ1n) is 4.28. The van der Waals surface area contributed by atoms with E-state index in [1.165, 1.54) is 13.4 Å². The van der Waals surface area contributed by atoms with E-state index in [0.717, 1.165) is 0 Å². The summed E-state index contributed by atoms with van der Waals surface area (Å²) in [7, 11) is 1.51. The van der Waals surface area contributed by atoms with Crippen LogP contribution >= 0.6 is 11.6 Å². The number of nitrogens with one attached hydrogen (secondary N) is 2. The summed E-state index contributed by atoms with van der Waals surface area (Å²) in [6.07, 6.45) is 1.23. The van der Waals surface area contributed by atoms with Crippen LogP contribution < -0.4 is 10.9 Å². The van der Waals surface area contributed by atoms with E-state index in [-0.39, 0.29) is 23.5 Å². The molecule has 0 aliphatic carbocycles. The van der Waals surface area contributed by atoms with Gasteiger partial charge in [-0.15, -0.1) is 0 Å². The molecule has 0 fully saturated rings. The van der Waals surface area contributed by atoms with Crippen molar-refractivity contribution in [1.82, 2.24) is 9.97 Å². The van der Waals surface area contributed by atoms with E-state index < -0.39 is 5.56 Å². The maximum Gasteiger partial charge on any atom is 0.271 e. The minimum Gasteiger partial charge on any atom is -0.394 e. The van der Waals surface area contributed by atoms with Gasteiger partial charge in [-0.1, -0.05) is 11.6 Å². The molecule has 84 valence electrons. The van der Waals surface area contributed by atoms with Gasteiger partial charge in [-0.25, -0.2) is 4.98 Å². The van der Waals surface area contributed by atoms with Gasteiger partial charge in [0, 0.05) is 7.11 Å². The molecule has 0 aromatic carbocycles. The van der Waals surface area contributed by atoms with Crippen molar-refractivity contribution in [2.24, 2.45) is 0 Å². The summed E-state index contributed by atoms with van der Waals surface area (Å²) in [5, 5.41) is 11.7. The van der Waals surface area contributed by atoms with Gasteiger partial charge < -0.3 is 20.1 Å². The second kappa shape index (κ2) is 5.69. The summed E-state index contributed by atoms with van der Waals surface area (Å²) in [5.41, 5.74) is -0.428. The molecule has 0 radical (unpaired) electrons. The molecule has 15 heavy (non-hydrogen) atoms. The van der Waals surface area contributed by atoms with Crippen molar-refractivity contribution >= 4 is 17.4 Å². The lowest BCUT2D eigenvalue weighted by Gasteiger charge is -2.15. The number of aliphatic hydroxyl groups excluding tert-OH is 1. The molecule has 1 unspecified atom stereocenters. The Bertz CT molecular complexity index is 368. The predicted octanol–water partition coefficient (Wildman–Crippen LogP) is -0.158. The molecule has 0 saturated heterocycles. The van der Waals surface area contributed by atoms with Crippen molar-refractivity contribution in [2.45, 2.75) is 6.04 Å². The van der Waals surface area contributed by atoms with E-state index in [1.807, 2.05) is 0 Å². The molecule has 1 heterocycles. The van der Waals surface area contributed by atoms with Crippen LogP contribution in [-0.2, 0) is 4.74 Å². The maximum atomic E-state index is 11.1. The summed E-state index contributed by atoms with van der Waals surface area (Å²) >= 11 is 5.70. The quantitative estimate of drug-likeness (QED) is 0.658. The highest BCUT2D eigenvalue weighted by molar-refractivity contribution is 6.32. The molecular formula is C8H12ClN3O3. The molecule has 1 rings (SSSR count). The van der Waals surface area contributed by atoms with Gasteiger partial charge in [-0.2, -0.15) is 0 Å². The minimum absolute atomic E-state index is 0.0351. The first-order chi connectivity index (χ1) is 7.19. The monoisotopic (exact) mass is 233 g/mol. The predicted molar refractivity (Wildman–Crippen MR) is 56.2 cm³/mol. The van der Waals surface area contributed by atoms with Crippen LogP contribution in [-0.4, -0.2) is 41.4 Å². The second-order valence-electron chi connectivity index (χ2n) is 2.87. The zero-order valence-electron chi connectivity index (χ0n) is 8.16. The highest BCUT2D eigenvalue weighted by Gasteiger charge is 2.11. The van der Waals surface area contributed by atoms with Gasteiger partial charge in [0.2, 0.25) is 0 Å². The van der Waals surface area contributed by atoms with Crippen LogP contribution in [0.2, 0.25) is 5.02 Å². The van der Waals surface area contributed by atoms with Crippen LogP contribution in [0, 0.1) is 0 Å². The number of halogens is 1. The van der Waals surface area contributed by atoms with Gasteiger partial charge in [-0.05, 0) is 0 Å². The van der Waals surface area contributed by atoms with Gasteiger partial charge in [0.15, 0.2) is 5.82 Å². The molecule has 0 aliphatic rings. The number of methoxy groups -OCH3 is 1. The van der Waals surface area contributed by atoms with E-state index in [0.29, 0.717) is 6.61 Å². The van der Waals surface area contributed by atoms with Crippen LogP contribution in [0.1, 0.15) is 0 Å². The van der Waals surface area contributed by atoms with E-state index in [4.69, 9.17) is 21.4 Å². The Balaban J connectivity index is 2.79. The third-order valence-corrected chi connectivity index (χ3v) is 2.08. The molecule has 0 saturated carbocycles.